The fraction of sp³-hybridized carbons (Fsp3) is 0.600. The molecule has 0 bridgehead atoms. The lowest BCUT2D eigenvalue weighted by molar-refractivity contribution is -0.131. The lowest BCUT2D eigenvalue weighted by Gasteiger charge is -2.37. The third-order valence-electron chi connectivity index (χ3n) is 6.81. The smallest absolute Gasteiger partial charge is 0.255 e. The van der Waals surface area contributed by atoms with Gasteiger partial charge in [0.25, 0.3) is 5.91 Å². The van der Waals surface area contributed by atoms with Crippen LogP contribution in [0.2, 0.25) is 0 Å². The van der Waals surface area contributed by atoms with Gasteiger partial charge in [0, 0.05) is 26.1 Å². The molecule has 0 spiro atoms. The summed E-state index contributed by atoms with van der Waals surface area (Å²) in [5, 5.41) is 3.11. The first-order valence-electron chi connectivity index (χ1n) is 11.3. The SMILES string of the molecule is COc1ccccc1C(=O)NCC1C=C(C)C(CC(=O)N2CCCC2)CC1C(C)C. The zero-order chi connectivity index (χ0) is 21.7. The fourth-order valence-corrected chi connectivity index (χ4v) is 4.95. The summed E-state index contributed by atoms with van der Waals surface area (Å²) in [6.07, 6.45) is 6.20. The molecule has 5 nitrogen and oxygen atoms in total. The Morgan fingerprint density at radius 3 is 2.57 bits per heavy atom. The number of hydrogen-bond acceptors (Lipinski definition) is 3. The Bertz CT molecular complexity index is 780. The molecule has 1 aliphatic heterocycles. The average Bonchev–Trinajstić information content (AvgIpc) is 3.28. The molecule has 0 aromatic heterocycles. The van der Waals surface area contributed by atoms with E-state index in [4.69, 9.17) is 4.74 Å². The summed E-state index contributed by atoms with van der Waals surface area (Å²) < 4.78 is 5.32. The van der Waals surface area contributed by atoms with Crippen LogP contribution in [0.3, 0.4) is 0 Å². The number of allylic oxidation sites excluding steroid dienone is 1. The first-order valence-corrected chi connectivity index (χ1v) is 11.3. The van der Waals surface area contributed by atoms with Gasteiger partial charge in [0.1, 0.15) is 5.75 Å². The van der Waals surface area contributed by atoms with E-state index in [9.17, 15) is 9.59 Å². The number of carbonyl (C=O) groups excluding carboxylic acids is 2. The highest BCUT2D eigenvalue weighted by Gasteiger charge is 2.33. The van der Waals surface area contributed by atoms with E-state index >= 15 is 0 Å². The van der Waals surface area contributed by atoms with E-state index in [0.717, 1.165) is 32.4 Å². The standard InChI is InChI=1S/C25H36N2O3/c1-17(2)22-14-19(15-24(28)27-11-7-8-12-27)18(3)13-20(22)16-26-25(29)21-9-5-6-10-23(21)30-4/h5-6,9-10,13,17,19-20,22H,7-8,11-12,14-16H2,1-4H3,(H,26,29). The number of hydrogen-bond donors (Lipinski definition) is 1. The van der Waals surface area contributed by atoms with Crippen LogP contribution in [0.1, 0.15) is 56.8 Å². The molecule has 30 heavy (non-hydrogen) atoms. The molecule has 2 amide bonds. The van der Waals surface area contributed by atoms with Gasteiger partial charge in [-0.3, -0.25) is 9.59 Å². The minimum absolute atomic E-state index is 0.104. The van der Waals surface area contributed by atoms with E-state index in [0.29, 0.717) is 47.9 Å². The Kier molecular flexibility index (Phi) is 7.57. The van der Waals surface area contributed by atoms with Gasteiger partial charge in [-0.2, -0.15) is 0 Å². The maximum atomic E-state index is 12.7. The highest BCUT2D eigenvalue weighted by molar-refractivity contribution is 5.96. The first kappa shape index (κ1) is 22.4. The van der Waals surface area contributed by atoms with Crippen LogP contribution in [-0.2, 0) is 4.79 Å². The number of benzene rings is 1. The summed E-state index contributed by atoms with van der Waals surface area (Å²) in [4.78, 5) is 27.4. The van der Waals surface area contributed by atoms with Crippen LogP contribution in [-0.4, -0.2) is 43.5 Å². The number of para-hydroxylation sites is 1. The summed E-state index contributed by atoms with van der Waals surface area (Å²) in [5.41, 5.74) is 1.85. The lowest BCUT2D eigenvalue weighted by atomic mass is 9.69. The van der Waals surface area contributed by atoms with Crippen molar-refractivity contribution in [2.45, 2.75) is 46.5 Å². The maximum Gasteiger partial charge on any atom is 0.255 e. The molecule has 1 N–H and O–H groups in total. The zero-order valence-corrected chi connectivity index (χ0v) is 18.8. The third-order valence-corrected chi connectivity index (χ3v) is 6.81. The van der Waals surface area contributed by atoms with Gasteiger partial charge in [0.05, 0.1) is 12.7 Å². The van der Waals surface area contributed by atoms with Crippen molar-refractivity contribution in [3.05, 3.63) is 41.5 Å². The zero-order valence-electron chi connectivity index (χ0n) is 18.8. The van der Waals surface area contributed by atoms with Crippen LogP contribution in [0.25, 0.3) is 0 Å². The molecule has 1 heterocycles. The van der Waals surface area contributed by atoms with Gasteiger partial charge >= 0.3 is 0 Å². The van der Waals surface area contributed by atoms with Gasteiger partial charge in [0.15, 0.2) is 0 Å². The van der Waals surface area contributed by atoms with E-state index in [-0.39, 0.29) is 11.8 Å². The maximum absolute atomic E-state index is 12.7. The van der Waals surface area contributed by atoms with E-state index in [1.807, 2.05) is 17.0 Å². The van der Waals surface area contributed by atoms with E-state index in [2.05, 4.69) is 32.2 Å². The van der Waals surface area contributed by atoms with Crippen molar-refractivity contribution in [1.82, 2.24) is 10.2 Å². The van der Waals surface area contributed by atoms with E-state index < -0.39 is 0 Å². The van der Waals surface area contributed by atoms with E-state index in [1.165, 1.54) is 5.57 Å². The summed E-state index contributed by atoms with van der Waals surface area (Å²) in [5.74, 6) is 2.32. The number of amides is 2. The summed E-state index contributed by atoms with van der Waals surface area (Å²) in [7, 11) is 1.58. The van der Waals surface area contributed by atoms with Crippen molar-refractivity contribution in [1.29, 1.82) is 0 Å². The molecule has 1 fully saturated rings. The summed E-state index contributed by atoms with van der Waals surface area (Å²) in [6, 6.07) is 7.30. The number of nitrogens with one attached hydrogen (secondary N) is 1. The lowest BCUT2D eigenvalue weighted by Crippen LogP contribution is -2.38. The van der Waals surface area contributed by atoms with E-state index in [1.54, 1.807) is 19.2 Å². The van der Waals surface area contributed by atoms with Crippen LogP contribution in [0.15, 0.2) is 35.9 Å². The van der Waals surface area contributed by atoms with Crippen LogP contribution in [0.4, 0.5) is 0 Å². The van der Waals surface area contributed by atoms with Crippen LogP contribution in [0, 0.1) is 23.7 Å². The molecule has 164 valence electrons. The molecule has 5 heteroatoms. The second-order valence-corrected chi connectivity index (χ2v) is 9.12. The number of carbonyl (C=O) groups is 2. The summed E-state index contributed by atoms with van der Waals surface area (Å²) in [6.45, 7) is 9.07. The molecule has 3 rings (SSSR count). The molecule has 3 atom stereocenters. The molecular formula is C25H36N2O3. The van der Waals surface area contributed by atoms with Crippen molar-refractivity contribution in [2.24, 2.45) is 23.7 Å². The Morgan fingerprint density at radius 1 is 1.20 bits per heavy atom. The molecule has 1 aliphatic carbocycles. The van der Waals surface area contributed by atoms with Crippen LogP contribution < -0.4 is 10.1 Å². The molecule has 1 saturated heterocycles. The van der Waals surface area contributed by atoms with Crippen molar-refractivity contribution in [2.75, 3.05) is 26.7 Å². The predicted molar refractivity (Wildman–Crippen MR) is 119 cm³/mol. The topological polar surface area (TPSA) is 58.6 Å². The number of ether oxygens (including phenoxy) is 1. The Labute approximate surface area is 180 Å². The third kappa shape index (κ3) is 5.24. The van der Waals surface area contributed by atoms with Crippen LogP contribution >= 0.6 is 0 Å². The number of likely N-dealkylation sites (tertiary alicyclic amines) is 1. The largest absolute Gasteiger partial charge is 0.496 e. The average molecular weight is 413 g/mol. The highest BCUT2D eigenvalue weighted by Crippen LogP contribution is 2.39. The molecule has 1 aromatic carbocycles. The number of rotatable bonds is 7. The molecule has 1 aromatic rings. The van der Waals surface area contributed by atoms with Gasteiger partial charge in [0.2, 0.25) is 5.91 Å². The van der Waals surface area contributed by atoms with Crippen molar-refractivity contribution >= 4 is 11.8 Å². The molecule has 0 radical (unpaired) electrons. The van der Waals surface area contributed by atoms with Gasteiger partial charge in [-0.25, -0.2) is 0 Å². The number of methoxy groups -OCH3 is 1. The monoisotopic (exact) mass is 412 g/mol. The van der Waals surface area contributed by atoms with Gasteiger partial charge in [-0.15, -0.1) is 0 Å². The highest BCUT2D eigenvalue weighted by atomic mass is 16.5. The van der Waals surface area contributed by atoms with Crippen molar-refractivity contribution < 1.29 is 14.3 Å². The fourth-order valence-electron chi connectivity index (χ4n) is 4.95. The van der Waals surface area contributed by atoms with Crippen molar-refractivity contribution in [3.63, 3.8) is 0 Å². The molecule has 2 aliphatic rings. The van der Waals surface area contributed by atoms with Crippen molar-refractivity contribution in [3.8, 4) is 5.75 Å². The van der Waals surface area contributed by atoms with Crippen LogP contribution in [0.5, 0.6) is 5.75 Å². The molecular weight excluding hydrogens is 376 g/mol. The second-order valence-electron chi connectivity index (χ2n) is 9.12. The Balaban J connectivity index is 1.65. The number of nitrogens with zero attached hydrogens (tertiary/aromatic N) is 1. The quantitative estimate of drug-likeness (QED) is 0.680. The minimum Gasteiger partial charge on any atom is -0.496 e. The Morgan fingerprint density at radius 2 is 1.90 bits per heavy atom. The van der Waals surface area contributed by atoms with Gasteiger partial charge in [-0.1, -0.05) is 37.6 Å². The second kappa shape index (κ2) is 10.1. The predicted octanol–water partition coefficient (Wildman–Crippen LogP) is 4.29. The molecule has 0 saturated carbocycles. The minimum atomic E-state index is -0.104. The van der Waals surface area contributed by atoms with Gasteiger partial charge in [-0.05, 0) is 62.0 Å². The molecule has 3 unspecified atom stereocenters. The first-order chi connectivity index (χ1) is 14.4. The normalized spacial score (nSPS) is 24.0. The van der Waals surface area contributed by atoms with Gasteiger partial charge < -0.3 is 15.0 Å². The summed E-state index contributed by atoms with van der Waals surface area (Å²) >= 11 is 0. The Hall–Kier alpha value is -2.30.